The van der Waals surface area contributed by atoms with Crippen molar-refractivity contribution in [1.82, 2.24) is 20.1 Å². The summed E-state index contributed by atoms with van der Waals surface area (Å²) in [5, 5.41) is 7.55. The summed E-state index contributed by atoms with van der Waals surface area (Å²) in [5.74, 6) is -1.45. The van der Waals surface area contributed by atoms with E-state index >= 15 is 0 Å². The number of amides is 1. The lowest BCUT2D eigenvalue weighted by Gasteiger charge is -2.13. The Bertz CT molecular complexity index is 1340. The van der Waals surface area contributed by atoms with Crippen LogP contribution in [0.25, 0.3) is 22.3 Å². The van der Waals surface area contributed by atoms with Gasteiger partial charge in [0.2, 0.25) is 0 Å². The number of esters is 1. The van der Waals surface area contributed by atoms with E-state index < -0.39 is 18.5 Å². The Labute approximate surface area is 201 Å². The number of carbonyl (C=O) groups is 2. The number of nitrogens with one attached hydrogen (secondary N) is 1. The Hall–Kier alpha value is -4.11. The quantitative estimate of drug-likeness (QED) is 0.371. The number of hydrogen-bond acceptors (Lipinski definition) is 6. The minimum atomic E-state index is -0.672. The molecule has 1 atom stereocenters. The summed E-state index contributed by atoms with van der Waals surface area (Å²) in [6.07, 6.45) is 1.52. The normalized spacial score (nSPS) is 11.9. The average Bonchev–Trinajstić information content (AvgIpc) is 3.25. The molecule has 35 heavy (non-hydrogen) atoms. The van der Waals surface area contributed by atoms with E-state index in [-0.39, 0.29) is 24.0 Å². The highest BCUT2D eigenvalue weighted by molar-refractivity contribution is 6.04. The second-order valence-corrected chi connectivity index (χ2v) is 8.09. The number of aromatic nitrogens is 3. The van der Waals surface area contributed by atoms with Crippen LogP contribution in [0, 0.1) is 5.82 Å². The molecular formula is C26H25FN4O4. The van der Waals surface area contributed by atoms with Gasteiger partial charge in [0.1, 0.15) is 5.82 Å². The number of benzene rings is 2. The molecule has 4 aromatic rings. The van der Waals surface area contributed by atoms with Crippen molar-refractivity contribution in [2.24, 2.45) is 0 Å². The maximum Gasteiger partial charge on any atom is 0.339 e. The first-order valence-electron chi connectivity index (χ1n) is 11.1. The van der Waals surface area contributed by atoms with Crippen molar-refractivity contribution < 1.29 is 23.5 Å². The van der Waals surface area contributed by atoms with Crippen molar-refractivity contribution in [2.75, 3.05) is 20.3 Å². The van der Waals surface area contributed by atoms with E-state index in [4.69, 9.17) is 14.5 Å². The van der Waals surface area contributed by atoms with Crippen molar-refractivity contribution in [3.63, 3.8) is 0 Å². The molecule has 0 saturated heterocycles. The van der Waals surface area contributed by atoms with Gasteiger partial charge in [-0.2, -0.15) is 5.10 Å². The molecule has 0 aliphatic heterocycles. The molecule has 2 aromatic heterocycles. The van der Waals surface area contributed by atoms with E-state index in [0.29, 0.717) is 28.9 Å². The third-order valence-electron chi connectivity index (χ3n) is 5.28. The van der Waals surface area contributed by atoms with E-state index in [1.165, 1.54) is 25.4 Å². The van der Waals surface area contributed by atoms with Gasteiger partial charge in [0.25, 0.3) is 5.91 Å². The third kappa shape index (κ3) is 5.88. The summed E-state index contributed by atoms with van der Waals surface area (Å²) < 4.78 is 25.6. The van der Waals surface area contributed by atoms with Gasteiger partial charge in [0, 0.05) is 18.7 Å². The maximum atomic E-state index is 13.7. The van der Waals surface area contributed by atoms with Gasteiger partial charge < -0.3 is 14.8 Å². The number of ether oxygens (including phenoxy) is 2. The van der Waals surface area contributed by atoms with Crippen LogP contribution in [-0.2, 0) is 20.8 Å². The molecule has 9 heteroatoms. The highest BCUT2D eigenvalue weighted by atomic mass is 19.1. The standard InChI is InChI=1S/C26H25FN4O4/c1-17(15-34-2)29-24(32)16-35-26(33)21-12-23(19-8-4-3-5-9-19)30-25-22(21)13-28-31(25)14-18-7-6-10-20(27)11-18/h3-13,17H,14-16H2,1-2H3,(H,29,32). The van der Waals surface area contributed by atoms with Crippen LogP contribution in [0.4, 0.5) is 4.39 Å². The molecule has 8 nitrogen and oxygen atoms in total. The molecule has 180 valence electrons. The molecule has 0 aliphatic carbocycles. The molecule has 0 spiro atoms. The molecular weight excluding hydrogens is 451 g/mol. The topological polar surface area (TPSA) is 95.3 Å². The molecule has 0 bridgehead atoms. The Kier molecular flexibility index (Phi) is 7.47. The minimum absolute atomic E-state index is 0.218. The Balaban J connectivity index is 1.66. The second-order valence-electron chi connectivity index (χ2n) is 8.09. The summed E-state index contributed by atoms with van der Waals surface area (Å²) in [6.45, 7) is 1.96. The first kappa shape index (κ1) is 24.0. The number of fused-ring (bicyclic) bond motifs is 1. The number of methoxy groups -OCH3 is 1. The first-order chi connectivity index (χ1) is 16.9. The van der Waals surface area contributed by atoms with Crippen LogP contribution in [0.2, 0.25) is 0 Å². The van der Waals surface area contributed by atoms with E-state index in [1.807, 2.05) is 30.3 Å². The summed E-state index contributed by atoms with van der Waals surface area (Å²) in [4.78, 5) is 29.9. The van der Waals surface area contributed by atoms with Crippen molar-refractivity contribution >= 4 is 22.9 Å². The zero-order valence-corrected chi connectivity index (χ0v) is 19.4. The van der Waals surface area contributed by atoms with Gasteiger partial charge >= 0.3 is 5.97 Å². The number of nitrogens with zero attached hydrogens (tertiary/aromatic N) is 3. The fourth-order valence-electron chi connectivity index (χ4n) is 3.71. The third-order valence-corrected chi connectivity index (χ3v) is 5.28. The smallest absolute Gasteiger partial charge is 0.339 e. The largest absolute Gasteiger partial charge is 0.452 e. The molecule has 1 N–H and O–H groups in total. The molecule has 0 radical (unpaired) electrons. The second kappa shape index (κ2) is 10.9. The number of halogens is 1. The molecule has 0 fully saturated rings. The summed E-state index contributed by atoms with van der Waals surface area (Å²) >= 11 is 0. The van der Waals surface area contributed by atoms with Crippen LogP contribution in [0.15, 0.2) is 66.9 Å². The van der Waals surface area contributed by atoms with E-state index in [2.05, 4.69) is 10.4 Å². The SMILES string of the molecule is COCC(C)NC(=O)COC(=O)c1cc(-c2ccccc2)nc2c1cnn2Cc1cccc(F)c1. The van der Waals surface area contributed by atoms with Crippen molar-refractivity contribution in [2.45, 2.75) is 19.5 Å². The minimum Gasteiger partial charge on any atom is -0.452 e. The first-order valence-corrected chi connectivity index (χ1v) is 11.1. The van der Waals surface area contributed by atoms with E-state index in [9.17, 15) is 14.0 Å². The predicted octanol–water partition coefficient (Wildman–Crippen LogP) is 3.59. The maximum absolute atomic E-state index is 13.7. The lowest BCUT2D eigenvalue weighted by Crippen LogP contribution is -2.38. The molecule has 2 aromatic carbocycles. The molecule has 4 rings (SSSR count). The zero-order chi connectivity index (χ0) is 24.8. The van der Waals surface area contributed by atoms with Crippen LogP contribution in [0.3, 0.4) is 0 Å². The number of rotatable bonds is 9. The van der Waals surface area contributed by atoms with Gasteiger partial charge in [-0.25, -0.2) is 18.9 Å². The summed E-state index contributed by atoms with van der Waals surface area (Å²) in [5.41, 5.74) is 2.73. The Morgan fingerprint density at radius 1 is 1.11 bits per heavy atom. The van der Waals surface area contributed by atoms with Crippen molar-refractivity contribution in [1.29, 1.82) is 0 Å². The molecule has 1 amide bonds. The monoisotopic (exact) mass is 476 g/mol. The van der Waals surface area contributed by atoms with Gasteiger partial charge in [-0.3, -0.25) is 4.79 Å². The Morgan fingerprint density at radius 3 is 2.66 bits per heavy atom. The molecule has 1 unspecified atom stereocenters. The lowest BCUT2D eigenvalue weighted by molar-refractivity contribution is -0.125. The van der Waals surface area contributed by atoms with E-state index in [1.54, 1.807) is 29.8 Å². The van der Waals surface area contributed by atoms with Crippen LogP contribution in [-0.4, -0.2) is 53.0 Å². The van der Waals surface area contributed by atoms with Crippen LogP contribution in [0.1, 0.15) is 22.8 Å². The highest BCUT2D eigenvalue weighted by Gasteiger charge is 2.20. The fourth-order valence-corrected chi connectivity index (χ4v) is 3.71. The van der Waals surface area contributed by atoms with Gasteiger partial charge in [0.05, 0.1) is 36.0 Å². The zero-order valence-electron chi connectivity index (χ0n) is 19.4. The molecule has 2 heterocycles. The predicted molar refractivity (Wildman–Crippen MR) is 128 cm³/mol. The Morgan fingerprint density at radius 2 is 1.91 bits per heavy atom. The number of hydrogen-bond donors (Lipinski definition) is 1. The average molecular weight is 477 g/mol. The van der Waals surface area contributed by atoms with Crippen LogP contribution < -0.4 is 5.32 Å². The van der Waals surface area contributed by atoms with Crippen molar-refractivity contribution in [3.05, 3.63) is 83.8 Å². The van der Waals surface area contributed by atoms with Gasteiger partial charge in [-0.1, -0.05) is 42.5 Å². The molecule has 0 saturated carbocycles. The number of pyridine rings is 1. The van der Waals surface area contributed by atoms with E-state index in [0.717, 1.165) is 5.56 Å². The van der Waals surface area contributed by atoms with Gasteiger partial charge in [0.15, 0.2) is 12.3 Å². The lowest BCUT2D eigenvalue weighted by atomic mass is 10.1. The van der Waals surface area contributed by atoms with Gasteiger partial charge in [-0.15, -0.1) is 0 Å². The number of carbonyl (C=O) groups excluding carboxylic acids is 2. The fraction of sp³-hybridized carbons (Fsp3) is 0.231. The van der Waals surface area contributed by atoms with Crippen molar-refractivity contribution in [3.8, 4) is 11.3 Å². The highest BCUT2D eigenvalue weighted by Crippen LogP contribution is 2.26. The summed E-state index contributed by atoms with van der Waals surface area (Å²) in [6, 6.07) is 17.0. The van der Waals surface area contributed by atoms with Crippen LogP contribution in [0.5, 0.6) is 0 Å². The summed E-state index contributed by atoms with van der Waals surface area (Å²) in [7, 11) is 1.54. The molecule has 0 aliphatic rings. The van der Waals surface area contributed by atoms with Crippen LogP contribution >= 0.6 is 0 Å². The van der Waals surface area contributed by atoms with Gasteiger partial charge in [-0.05, 0) is 30.7 Å².